The van der Waals surface area contributed by atoms with E-state index in [1.54, 1.807) is 0 Å². The van der Waals surface area contributed by atoms with Crippen molar-refractivity contribution in [1.29, 1.82) is 0 Å². The van der Waals surface area contributed by atoms with E-state index in [0.717, 1.165) is 48.5 Å². The number of rotatable bonds is 6. The molecular formula is C14H8Cl2F4N2O6. The normalized spacial score (nSPS) is 11.1. The molecule has 0 saturated carbocycles. The highest BCUT2D eigenvalue weighted by Gasteiger charge is 2.28. The van der Waals surface area contributed by atoms with E-state index < -0.39 is 21.0 Å². The number of non-ortho nitro benzene ring substituents is 2. The molecule has 0 atom stereocenters. The van der Waals surface area contributed by atoms with Gasteiger partial charge in [0.05, 0.1) is 9.85 Å². The number of nitro benzene ring substituents is 2. The van der Waals surface area contributed by atoms with Gasteiger partial charge in [-0.1, -0.05) is 0 Å². The van der Waals surface area contributed by atoms with E-state index in [2.05, 4.69) is 32.7 Å². The molecule has 28 heavy (non-hydrogen) atoms. The van der Waals surface area contributed by atoms with E-state index in [4.69, 9.17) is 0 Å². The molecule has 0 spiro atoms. The van der Waals surface area contributed by atoms with Gasteiger partial charge in [0.15, 0.2) is 0 Å². The van der Waals surface area contributed by atoms with Crippen LogP contribution in [0.5, 0.6) is 11.5 Å². The van der Waals surface area contributed by atoms with Gasteiger partial charge < -0.3 is 9.47 Å². The summed E-state index contributed by atoms with van der Waals surface area (Å²) in [4.78, 5) is 19.1. The third-order valence-electron chi connectivity index (χ3n) is 2.56. The lowest BCUT2D eigenvalue weighted by molar-refractivity contribution is -0.385. The third kappa shape index (κ3) is 9.19. The summed E-state index contributed by atoms with van der Waals surface area (Å²) in [6.07, 6.45) is 0. The van der Waals surface area contributed by atoms with Gasteiger partial charge in [-0.05, 0) is 24.3 Å². The zero-order valence-corrected chi connectivity index (χ0v) is 14.7. The lowest BCUT2D eigenvalue weighted by Gasteiger charge is -2.09. The van der Waals surface area contributed by atoms with Crippen LogP contribution < -0.4 is 9.47 Å². The van der Waals surface area contributed by atoms with Gasteiger partial charge in [-0.3, -0.25) is 20.2 Å². The molecule has 0 bridgehead atoms. The highest BCUT2D eigenvalue weighted by Crippen LogP contribution is 2.27. The Morgan fingerprint density at radius 2 is 0.929 bits per heavy atom. The highest BCUT2D eigenvalue weighted by molar-refractivity contribution is 6.21. The quantitative estimate of drug-likeness (QED) is 0.250. The predicted molar refractivity (Wildman–Crippen MR) is 89.0 cm³/mol. The summed E-state index contributed by atoms with van der Waals surface area (Å²) < 4.78 is 56.2. The molecule has 2 aromatic rings. The standard InChI is InChI=1S/2C7H4ClF2NO3/c2*8-7(9,10)14-6-3-1-5(2-4-6)11(12)13/h2*1-4H. The molecule has 152 valence electrons. The maximum atomic E-state index is 12.1. The smallest absolute Gasteiger partial charge is 0.420 e. The lowest BCUT2D eigenvalue weighted by Crippen LogP contribution is -2.15. The van der Waals surface area contributed by atoms with Gasteiger partial charge in [0, 0.05) is 47.5 Å². The molecule has 2 rings (SSSR count). The minimum atomic E-state index is -3.81. The van der Waals surface area contributed by atoms with E-state index in [1.807, 2.05) is 0 Å². The van der Waals surface area contributed by atoms with E-state index in [-0.39, 0.29) is 22.9 Å². The second-order valence-corrected chi connectivity index (χ2v) is 5.48. The van der Waals surface area contributed by atoms with Crippen LogP contribution in [0.1, 0.15) is 0 Å². The van der Waals surface area contributed by atoms with E-state index in [1.165, 1.54) is 0 Å². The molecular weight excluding hydrogens is 439 g/mol. The van der Waals surface area contributed by atoms with Crippen LogP contribution >= 0.6 is 23.2 Å². The Bertz CT molecular complexity index is 741. The second-order valence-electron chi connectivity index (χ2n) is 4.60. The summed E-state index contributed by atoms with van der Waals surface area (Å²) in [7, 11) is 0. The molecule has 8 nitrogen and oxygen atoms in total. The van der Waals surface area contributed by atoms with Crippen molar-refractivity contribution in [2.45, 2.75) is 11.1 Å². The van der Waals surface area contributed by atoms with E-state index in [0.29, 0.717) is 0 Å². The highest BCUT2D eigenvalue weighted by atomic mass is 35.5. The van der Waals surface area contributed by atoms with Gasteiger partial charge in [-0.25, -0.2) is 0 Å². The number of halogens is 6. The van der Waals surface area contributed by atoms with Gasteiger partial charge in [-0.15, -0.1) is 17.6 Å². The summed E-state index contributed by atoms with van der Waals surface area (Å²) in [6, 6.07) is 8.30. The van der Waals surface area contributed by atoms with Crippen LogP contribution in [-0.4, -0.2) is 21.0 Å². The minimum absolute atomic E-state index is 0.213. The zero-order valence-electron chi connectivity index (χ0n) is 13.2. The maximum absolute atomic E-state index is 12.1. The number of benzene rings is 2. The SMILES string of the molecule is O=[N+]([O-])c1ccc(OC(F)(F)Cl)cc1.O=[N+]([O-])c1ccc(OC(F)(F)Cl)cc1. The summed E-state index contributed by atoms with van der Waals surface area (Å²) >= 11 is 8.96. The fourth-order valence-electron chi connectivity index (χ4n) is 1.54. The van der Waals surface area contributed by atoms with Crippen molar-refractivity contribution in [3.05, 3.63) is 68.8 Å². The Labute approximate surface area is 163 Å². The predicted octanol–water partition coefficient (Wildman–Crippen LogP) is 5.53. The number of hydrogen-bond donors (Lipinski definition) is 0. The monoisotopic (exact) mass is 446 g/mol. The van der Waals surface area contributed by atoms with Gasteiger partial charge in [-0.2, -0.15) is 0 Å². The number of nitro groups is 2. The van der Waals surface area contributed by atoms with Crippen molar-refractivity contribution < 1.29 is 36.9 Å². The van der Waals surface area contributed by atoms with Crippen molar-refractivity contribution >= 4 is 34.6 Å². The number of alkyl halides is 6. The van der Waals surface area contributed by atoms with Crippen LogP contribution in [0.3, 0.4) is 0 Å². The molecule has 0 saturated heterocycles. The van der Waals surface area contributed by atoms with Crippen molar-refractivity contribution in [2.24, 2.45) is 0 Å². The molecule has 0 aliphatic rings. The molecule has 0 aromatic heterocycles. The molecule has 0 fully saturated rings. The molecule has 0 N–H and O–H groups in total. The molecule has 0 aliphatic heterocycles. The first-order valence-corrected chi connectivity index (χ1v) is 7.53. The summed E-state index contributed by atoms with van der Waals surface area (Å²) in [5.41, 5.74) is -8.04. The molecule has 14 heteroatoms. The summed E-state index contributed by atoms with van der Waals surface area (Å²) in [5.74, 6) is -0.480. The molecule has 0 heterocycles. The van der Waals surface area contributed by atoms with E-state index in [9.17, 15) is 37.8 Å². The van der Waals surface area contributed by atoms with Crippen molar-refractivity contribution in [1.82, 2.24) is 0 Å². The average molecular weight is 447 g/mol. The third-order valence-corrected chi connectivity index (χ3v) is 2.72. The Morgan fingerprint density at radius 3 is 1.11 bits per heavy atom. The molecule has 2 aromatic carbocycles. The van der Waals surface area contributed by atoms with Crippen molar-refractivity contribution in [2.75, 3.05) is 0 Å². The number of nitrogens with zero attached hydrogens (tertiary/aromatic N) is 2. The Hall–Kier alpha value is -2.86. The second kappa shape index (κ2) is 9.37. The van der Waals surface area contributed by atoms with Crippen LogP contribution in [0.2, 0.25) is 0 Å². The molecule has 0 unspecified atom stereocenters. The Morgan fingerprint density at radius 1 is 0.679 bits per heavy atom. The topological polar surface area (TPSA) is 105 Å². The van der Waals surface area contributed by atoms with Crippen LogP contribution in [0, 0.1) is 20.2 Å². The molecule has 0 aliphatic carbocycles. The van der Waals surface area contributed by atoms with E-state index >= 15 is 0 Å². The first-order chi connectivity index (χ1) is 12.8. The minimum Gasteiger partial charge on any atom is -0.420 e. The van der Waals surface area contributed by atoms with Gasteiger partial charge in [0.25, 0.3) is 11.4 Å². The summed E-state index contributed by atoms with van der Waals surface area (Å²) in [6.45, 7) is 0. The fraction of sp³-hybridized carbons (Fsp3) is 0.143. The molecule has 0 radical (unpaired) electrons. The first-order valence-electron chi connectivity index (χ1n) is 6.77. The van der Waals surface area contributed by atoms with Crippen LogP contribution in [0.25, 0.3) is 0 Å². The van der Waals surface area contributed by atoms with Gasteiger partial charge in [0.1, 0.15) is 11.5 Å². The maximum Gasteiger partial charge on any atom is 0.487 e. The van der Waals surface area contributed by atoms with Crippen LogP contribution in [0.15, 0.2) is 48.5 Å². The van der Waals surface area contributed by atoms with Gasteiger partial charge in [0.2, 0.25) is 0 Å². The molecule has 0 amide bonds. The van der Waals surface area contributed by atoms with Gasteiger partial charge >= 0.3 is 11.1 Å². The Balaban J connectivity index is 0.000000280. The first kappa shape index (κ1) is 23.2. The fourth-order valence-corrected chi connectivity index (χ4v) is 1.72. The lowest BCUT2D eigenvalue weighted by atomic mass is 10.3. The number of ether oxygens (including phenoxy) is 2. The number of hydrogen-bond acceptors (Lipinski definition) is 6. The van der Waals surface area contributed by atoms with Crippen LogP contribution in [-0.2, 0) is 0 Å². The van der Waals surface area contributed by atoms with Crippen molar-refractivity contribution in [3.63, 3.8) is 0 Å². The largest absolute Gasteiger partial charge is 0.487 e. The Kier molecular flexibility index (Phi) is 7.76. The van der Waals surface area contributed by atoms with Crippen LogP contribution in [0.4, 0.5) is 28.9 Å². The zero-order chi connectivity index (χ0) is 21.5. The summed E-state index contributed by atoms with van der Waals surface area (Å²) in [5, 5.41) is 20.4. The van der Waals surface area contributed by atoms with Crippen molar-refractivity contribution in [3.8, 4) is 11.5 Å². The average Bonchev–Trinajstić information content (AvgIpc) is 2.53.